The Morgan fingerprint density at radius 2 is 2.07 bits per heavy atom. The molecule has 27 heavy (non-hydrogen) atoms. The third kappa shape index (κ3) is 8.77. The lowest BCUT2D eigenvalue weighted by molar-refractivity contribution is -0.140. The zero-order chi connectivity index (χ0) is 20.2. The van der Waals surface area contributed by atoms with Gasteiger partial charge in [0, 0.05) is 12.2 Å². The fraction of sp³-hybridized carbons (Fsp3) is 0.438. The fourth-order valence-corrected chi connectivity index (χ4v) is 2.94. The number of amides is 2. The SMILES string of the molecule is Nc1ccc(C(=O)NC(CO)C(=O)O)cc1NC(=O)CSCCCOCI. The Labute approximate surface area is 174 Å². The summed E-state index contributed by atoms with van der Waals surface area (Å²) in [6.45, 7) is -0.0907. The van der Waals surface area contributed by atoms with E-state index >= 15 is 0 Å². The zero-order valence-corrected chi connectivity index (χ0v) is 17.4. The number of carboxylic acid groups (broad SMARTS) is 1. The van der Waals surface area contributed by atoms with E-state index in [1.54, 1.807) is 0 Å². The number of rotatable bonds is 12. The molecule has 1 aromatic rings. The molecule has 0 bridgehead atoms. The first kappa shape index (κ1) is 23.5. The molecule has 150 valence electrons. The number of aliphatic hydroxyl groups excluding tert-OH is 1. The van der Waals surface area contributed by atoms with Gasteiger partial charge in [-0.15, -0.1) is 0 Å². The molecule has 0 heterocycles. The Hall–Kier alpha value is -1.57. The van der Waals surface area contributed by atoms with Gasteiger partial charge >= 0.3 is 5.97 Å². The van der Waals surface area contributed by atoms with Crippen molar-refractivity contribution < 1.29 is 29.3 Å². The summed E-state index contributed by atoms with van der Waals surface area (Å²) in [4.78, 5) is 35.0. The van der Waals surface area contributed by atoms with Gasteiger partial charge in [-0.1, -0.05) is 22.6 Å². The molecule has 0 saturated heterocycles. The topological polar surface area (TPSA) is 151 Å². The fourth-order valence-electron chi connectivity index (χ4n) is 1.90. The van der Waals surface area contributed by atoms with Crippen molar-refractivity contribution in [3.05, 3.63) is 23.8 Å². The highest BCUT2D eigenvalue weighted by Gasteiger charge is 2.20. The van der Waals surface area contributed by atoms with E-state index in [1.165, 1.54) is 30.0 Å². The largest absolute Gasteiger partial charge is 0.480 e. The molecule has 1 rings (SSSR count). The number of aliphatic hydroxyl groups is 1. The summed E-state index contributed by atoms with van der Waals surface area (Å²) in [6.07, 6.45) is 0.842. The number of hydrogen-bond acceptors (Lipinski definition) is 7. The second-order valence-electron chi connectivity index (χ2n) is 5.32. The van der Waals surface area contributed by atoms with Crippen LogP contribution in [0.3, 0.4) is 0 Å². The number of alkyl halides is 1. The van der Waals surface area contributed by atoms with Crippen molar-refractivity contribution in [2.45, 2.75) is 12.5 Å². The number of halogens is 1. The summed E-state index contributed by atoms with van der Waals surface area (Å²) in [5.41, 5.74) is 6.47. The number of aliphatic carboxylic acids is 1. The number of hydrogen-bond donors (Lipinski definition) is 5. The Morgan fingerprint density at radius 3 is 2.70 bits per heavy atom. The van der Waals surface area contributed by atoms with E-state index in [1.807, 2.05) is 0 Å². The molecule has 0 aromatic heterocycles. The number of ether oxygens (including phenoxy) is 1. The highest BCUT2D eigenvalue weighted by Crippen LogP contribution is 2.20. The normalized spacial score (nSPS) is 11.6. The first-order valence-corrected chi connectivity index (χ1v) is 10.6. The number of carbonyl (C=O) groups is 3. The lowest BCUT2D eigenvalue weighted by Gasteiger charge is -2.13. The van der Waals surface area contributed by atoms with Crippen molar-refractivity contribution in [3.63, 3.8) is 0 Å². The second kappa shape index (κ2) is 12.8. The van der Waals surface area contributed by atoms with Crippen LogP contribution in [0.25, 0.3) is 0 Å². The predicted octanol–water partition coefficient (Wildman–Crippen LogP) is 0.915. The average molecular weight is 511 g/mol. The quantitative estimate of drug-likeness (QED) is 0.120. The van der Waals surface area contributed by atoms with Crippen LogP contribution in [0.5, 0.6) is 0 Å². The van der Waals surface area contributed by atoms with E-state index < -0.39 is 24.5 Å². The minimum atomic E-state index is -1.42. The Balaban J connectivity index is 2.61. The number of thioether (sulfide) groups is 1. The van der Waals surface area contributed by atoms with Crippen LogP contribution in [0.1, 0.15) is 16.8 Å². The number of carboxylic acids is 1. The third-order valence-electron chi connectivity index (χ3n) is 3.26. The molecule has 11 heteroatoms. The van der Waals surface area contributed by atoms with E-state index in [2.05, 4.69) is 33.2 Å². The molecule has 6 N–H and O–H groups in total. The van der Waals surface area contributed by atoms with Crippen molar-refractivity contribution in [2.75, 3.05) is 40.4 Å². The van der Waals surface area contributed by atoms with Gasteiger partial charge in [-0.25, -0.2) is 4.79 Å². The summed E-state index contributed by atoms with van der Waals surface area (Å²) in [5, 5.41) is 22.7. The van der Waals surface area contributed by atoms with Gasteiger partial charge in [0.2, 0.25) is 5.91 Å². The molecule has 1 atom stereocenters. The van der Waals surface area contributed by atoms with Gasteiger partial charge in [-0.05, 0) is 30.4 Å². The van der Waals surface area contributed by atoms with Gasteiger partial charge in [0.25, 0.3) is 5.91 Å². The van der Waals surface area contributed by atoms with Crippen LogP contribution < -0.4 is 16.4 Å². The van der Waals surface area contributed by atoms with E-state index in [0.717, 1.165) is 12.2 Å². The third-order valence-corrected chi connectivity index (χ3v) is 4.75. The molecular formula is C16H22IN3O6S. The molecule has 1 unspecified atom stereocenters. The first-order chi connectivity index (χ1) is 12.9. The van der Waals surface area contributed by atoms with Crippen LogP contribution in [0.2, 0.25) is 0 Å². The van der Waals surface area contributed by atoms with E-state index in [0.29, 0.717) is 11.2 Å². The molecule has 0 saturated carbocycles. The lowest BCUT2D eigenvalue weighted by atomic mass is 10.1. The maximum atomic E-state index is 12.1. The van der Waals surface area contributed by atoms with Crippen LogP contribution >= 0.6 is 34.4 Å². The molecule has 0 radical (unpaired) electrons. The minimum absolute atomic E-state index is 0.114. The van der Waals surface area contributed by atoms with Crippen LogP contribution in [0, 0.1) is 0 Å². The summed E-state index contributed by atoms with van der Waals surface area (Å²) in [6, 6.07) is 2.78. The second-order valence-corrected chi connectivity index (χ2v) is 7.05. The van der Waals surface area contributed by atoms with Crippen LogP contribution in [0.15, 0.2) is 18.2 Å². The van der Waals surface area contributed by atoms with Crippen molar-refractivity contribution in [2.24, 2.45) is 0 Å². The number of benzene rings is 1. The van der Waals surface area contributed by atoms with Crippen LogP contribution in [-0.4, -0.2) is 63.4 Å². The van der Waals surface area contributed by atoms with Gasteiger partial charge in [-0.2, -0.15) is 11.8 Å². The van der Waals surface area contributed by atoms with Gasteiger partial charge < -0.3 is 31.3 Å². The number of nitrogens with one attached hydrogen (secondary N) is 2. The van der Waals surface area contributed by atoms with Crippen LogP contribution in [-0.2, 0) is 14.3 Å². The average Bonchev–Trinajstić information content (AvgIpc) is 2.63. The Bertz CT molecular complexity index is 661. The highest BCUT2D eigenvalue weighted by atomic mass is 127. The molecule has 0 fully saturated rings. The van der Waals surface area contributed by atoms with Crippen molar-refractivity contribution in [3.8, 4) is 0 Å². The summed E-state index contributed by atoms with van der Waals surface area (Å²) in [5.74, 6) is -1.31. The molecule has 0 aliphatic rings. The van der Waals surface area contributed by atoms with Crippen molar-refractivity contribution in [1.29, 1.82) is 0 Å². The van der Waals surface area contributed by atoms with E-state index in [4.69, 9.17) is 20.7 Å². The molecule has 0 aliphatic heterocycles. The van der Waals surface area contributed by atoms with Gasteiger partial charge in [0.1, 0.15) is 0 Å². The standard InChI is InChI=1S/C16H22IN3O6S/c17-9-26-4-1-5-27-8-14(22)19-12-6-10(2-3-11(12)18)15(23)20-13(7-21)16(24)25/h2-3,6,13,21H,1,4-5,7-9,18H2,(H,19,22)(H,20,23)(H,24,25). The molecule has 9 nitrogen and oxygen atoms in total. The summed E-state index contributed by atoms with van der Waals surface area (Å²) >= 11 is 3.57. The van der Waals surface area contributed by atoms with Gasteiger partial charge in [0.05, 0.1) is 28.3 Å². The van der Waals surface area contributed by atoms with Crippen molar-refractivity contribution >= 4 is 63.5 Å². The summed E-state index contributed by atoms with van der Waals surface area (Å²) in [7, 11) is 0. The molecule has 0 spiro atoms. The Kier molecular flexibility index (Phi) is 11.1. The van der Waals surface area contributed by atoms with E-state index in [-0.39, 0.29) is 28.6 Å². The predicted molar refractivity (Wildman–Crippen MR) is 112 cm³/mol. The van der Waals surface area contributed by atoms with Gasteiger partial charge in [0.15, 0.2) is 6.04 Å². The maximum absolute atomic E-state index is 12.1. The minimum Gasteiger partial charge on any atom is -0.480 e. The van der Waals surface area contributed by atoms with E-state index in [9.17, 15) is 14.4 Å². The smallest absolute Gasteiger partial charge is 0.328 e. The number of nitrogens with two attached hydrogens (primary N) is 1. The lowest BCUT2D eigenvalue weighted by Crippen LogP contribution is -2.43. The number of carbonyl (C=O) groups excluding carboxylic acids is 2. The molecule has 0 aliphatic carbocycles. The zero-order valence-electron chi connectivity index (χ0n) is 14.4. The molecular weight excluding hydrogens is 489 g/mol. The number of anilines is 2. The molecule has 2 amide bonds. The maximum Gasteiger partial charge on any atom is 0.328 e. The summed E-state index contributed by atoms with van der Waals surface area (Å²) < 4.78 is 5.84. The highest BCUT2D eigenvalue weighted by molar-refractivity contribution is 14.1. The molecule has 1 aromatic carbocycles. The van der Waals surface area contributed by atoms with Crippen molar-refractivity contribution in [1.82, 2.24) is 5.32 Å². The monoisotopic (exact) mass is 511 g/mol. The number of nitrogen functional groups attached to an aromatic ring is 1. The van der Waals surface area contributed by atoms with Crippen LogP contribution in [0.4, 0.5) is 11.4 Å². The Morgan fingerprint density at radius 1 is 1.33 bits per heavy atom. The van der Waals surface area contributed by atoms with Gasteiger partial charge in [-0.3, -0.25) is 9.59 Å². The first-order valence-electron chi connectivity index (χ1n) is 7.94.